The number of fused-ring (bicyclic) bond motifs is 2. The molecule has 0 unspecified atom stereocenters. The first-order valence-electron chi connectivity index (χ1n) is 10.4. The molecular formula is C23H22ClN3O3S2. The van der Waals surface area contributed by atoms with Crippen molar-refractivity contribution in [3.63, 3.8) is 0 Å². The summed E-state index contributed by atoms with van der Waals surface area (Å²) in [6, 6.07) is 13.6. The zero-order valence-corrected chi connectivity index (χ0v) is 19.9. The molecule has 9 heteroatoms. The Morgan fingerprint density at radius 3 is 2.78 bits per heavy atom. The van der Waals surface area contributed by atoms with Crippen LogP contribution in [0.2, 0.25) is 5.02 Å². The van der Waals surface area contributed by atoms with Gasteiger partial charge in [-0.1, -0.05) is 41.1 Å². The molecule has 3 heterocycles. The van der Waals surface area contributed by atoms with E-state index in [-0.39, 0.29) is 5.91 Å². The Bertz CT molecular complexity index is 1270. The van der Waals surface area contributed by atoms with E-state index in [9.17, 15) is 4.79 Å². The number of thiazole rings is 1. The highest BCUT2D eigenvalue weighted by Crippen LogP contribution is 2.38. The monoisotopic (exact) mass is 487 g/mol. The number of hydrogen-bond acceptors (Lipinski definition) is 7. The Morgan fingerprint density at radius 1 is 1.19 bits per heavy atom. The first-order chi connectivity index (χ1) is 15.6. The summed E-state index contributed by atoms with van der Waals surface area (Å²) in [6.07, 6.45) is 0. The van der Waals surface area contributed by atoms with Crippen LogP contribution in [0.25, 0.3) is 20.3 Å². The second-order valence-corrected chi connectivity index (χ2v) is 9.92. The summed E-state index contributed by atoms with van der Waals surface area (Å²) in [4.78, 5) is 23.2. The molecule has 6 nitrogen and oxygen atoms in total. The van der Waals surface area contributed by atoms with E-state index in [1.165, 1.54) is 22.7 Å². The first kappa shape index (κ1) is 21.6. The predicted molar refractivity (Wildman–Crippen MR) is 132 cm³/mol. The molecular weight excluding hydrogens is 466 g/mol. The fraction of sp³-hybridized carbons (Fsp3) is 0.304. The maximum Gasteiger partial charge on any atom is 0.271 e. The molecule has 1 aliphatic rings. The Kier molecular flexibility index (Phi) is 6.30. The summed E-state index contributed by atoms with van der Waals surface area (Å²) < 4.78 is 12.8. The smallest absolute Gasteiger partial charge is 0.271 e. The summed E-state index contributed by atoms with van der Waals surface area (Å²) in [5.41, 5.74) is 0.845. The van der Waals surface area contributed by atoms with Crippen LogP contribution >= 0.6 is 34.3 Å². The van der Waals surface area contributed by atoms with Crippen LogP contribution in [0.1, 0.15) is 9.67 Å². The molecule has 0 atom stereocenters. The van der Waals surface area contributed by atoms with Crippen molar-refractivity contribution in [2.24, 2.45) is 0 Å². The molecule has 1 aliphatic heterocycles. The zero-order valence-electron chi connectivity index (χ0n) is 17.5. The van der Waals surface area contributed by atoms with E-state index in [1.54, 1.807) is 12.0 Å². The molecule has 1 saturated heterocycles. The maximum absolute atomic E-state index is 13.8. The van der Waals surface area contributed by atoms with Gasteiger partial charge in [-0.25, -0.2) is 4.98 Å². The number of thiophene rings is 1. The maximum atomic E-state index is 13.8. The van der Waals surface area contributed by atoms with Crippen LogP contribution in [0.5, 0.6) is 5.75 Å². The lowest BCUT2D eigenvalue weighted by Gasteiger charge is -2.29. The third-order valence-corrected chi connectivity index (χ3v) is 8.24. The summed E-state index contributed by atoms with van der Waals surface area (Å²) >= 11 is 9.57. The highest BCUT2D eigenvalue weighted by atomic mass is 35.5. The lowest BCUT2D eigenvalue weighted by molar-refractivity contribution is 0.0391. The normalized spacial score (nSPS) is 14.8. The number of anilines is 1. The van der Waals surface area contributed by atoms with Crippen molar-refractivity contribution in [3.05, 3.63) is 52.4 Å². The minimum absolute atomic E-state index is 0.115. The van der Waals surface area contributed by atoms with Crippen molar-refractivity contribution in [1.82, 2.24) is 9.88 Å². The van der Waals surface area contributed by atoms with Crippen LogP contribution in [0.15, 0.2) is 42.5 Å². The standard InChI is InChI=1S/C23H22ClN3O3S2/c1-29-15-6-7-17-19(14-15)32-23(25-17)27(9-8-26-10-12-30-13-11-26)22(28)21-20(24)16-4-2-3-5-18(16)31-21/h2-7,14H,8-13H2,1H3. The Morgan fingerprint density at radius 2 is 2.00 bits per heavy atom. The van der Waals surface area contributed by atoms with Crippen molar-refractivity contribution >= 4 is 65.6 Å². The molecule has 0 N–H and O–H groups in total. The number of amides is 1. The van der Waals surface area contributed by atoms with Gasteiger partial charge in [-0.3, -0.25) is 14.6 Å². The summed E-state index contributed by atoms with van der Waals surface area (Å²) in [6.45, 7) is 4.44. The number of nitrogens with zero attached hydrogens (tertiary/aromatic N) is 3. The number of carbonyl (C=O) groups is 1. The number of ether oxygens (including phenoxy) is 2. The second-order valence-electron chi connectivity index (χ2n) is 7.48. The van der Waals surface area contributed by atoms with Crippen LogP contribution in [-0.2, 0) is 4.74 Å². The average Bonchev–Trinajstić information content (AvgIpc) is 3.40. The molecule has 32 heavy (non-hydrogen) atoms. The topological polar surface area (TPSA) is 54.9 Å². The van der Waals surface area contributed by atoms with E-state index in [1.807, 2.05) is 42.5 Å². The summed E-state index contributed by atoms with van der Waals surface area (Å²) in [5.74, 6) is 0.655. The molecule has 0 spiro atoms. The number of methoxy groups -OCH3 is 1. The van der Waals surface area contributed by atoms with Crippen molar-refractivity contribution in [2.75, 3.05) is 51.4 Å². The van der Waals surface area contributed by atoms with Gasteiger partial charge in [-0.05, 0) is 24.3 Å². The third-order valence-electron chi connectivity index (χ3n) is 5.53. The number of morpholine rings is 1. The van der Waals surface area contributed by atoms with E-state index < -0.39 is 0 Å². The minimum Gasteiger partial charge on any atom is -0.497 e. The van der Waals surface area contributed by atoms with Crippen molar-refractivity contribution in [3.8, 4) is 5.75 Å². The molecule has 0 saturated carbocycles. The fourth-order valence-corrected chi connectivity index (χ4v) is 6.24. The Balaban J connectivity index is 1.51. The molecule has 5 rings (SSSR count). The first-order valence-corrected chi connectivity index (χ1v) is 12.4. The number of halogens is 1. The quantitative estimate of drug-likeness (QED) is 0.376. The molecule has 4 aromatic rings. The van der Waals surface area contributed by atoms with E-state index >= 15 is 0 Å². The average molecular weight is 488 g/mol. The molecule has 0 radical (unpaired) electrons. The predicted octanol–water partition coefficient (Wildman–Crippen LogP) is 5.15. The summed E-state index contributed by atoms with van der Waals surface area (Å²) in [5, 5.41) is 2.08. The fourth-order valence-electron chi connectivity index (χ4n) is 3.76. The minimum atomic E-state index is -0.115. The Hall–Kier alpha value is -2.23. The van der Waals surface area contributed by atoms with Crippen LogP contribution in [0.3, 0.4) is 0 Å². The SMILES string of the molecule is COc1ccc2nc(N(CCN3CCOCC3)C(=O)c3sc4ccccc4c3Cl)sc2c1. The van der Waals surface area contributed by atoms with Gasteiger partial charge in [0.2, 0.25) is 0 Å². The number of aromatic nitrogens is 1. The second kappa shape index (κ2) is 9.33. The highest BCUT2D eigenvalue weighted by molar-refractivity contribution is 7.23. The van der Waals surface area contributed by atoms with Crippen molar-refractivity contribution in [2.45, 2.75) is 0 Å². The van der Waals surface area contributed by atoms with Gasteiger partial charge in [0.05, 0.1) is 35.6 Å². The van der Waals surface area contributed by atoms with Crippen molar-refractivity contribution < 1.29 is 14.3 Å². The number of carbonyl (C=O) groups excluding carboxylic acids is 1. The molecule has 0 aliphatic carbocycles. The van der Waals surface area contributed by atoms with Gasteiger partial charge in [-0.2, -0.15) is 0 Å². The summed E-state index contributed by atoms with van der Waals surface area (Å²) in [7, 11) is 1.64. The highest BCUT2D eigenvalue weighted by Gasteiger charge is 2.27. The van der Waals surface area contributed by atoms with Crippen LogP contribution < -0.4 is 9.64 Å². The molecule has 1 amide bonds. The largest absolute Gasteiger partial charge is 0.497 e. The van der Waals surface area contributed by atoms with Crippen LogP contribution in [0.4, 0.5) is 5.13 Å². The number of benzene rings is 2. The van der Waals surface area contributed by atoms with Gasteiger partial charge >= 0.3 is 0 Å². The molecule has 2 aromatic carbocycles. The third kappa shape index (κ3) is 4.21. The van der Waals surface area contributed by atoms with Gasteiger partial charge in [0.25, 0.3) is 5.91 Å². The van der Waals surface area contributed by atoms with Gasteiger partial charge in [0.1, 0.15) is 10.6 Å². The van der Waals surface area contributed by atoms with Gasteiger partial charge in [0.15, 0.2) is 5.13 Å². The Labute approximate surface area is 198 Å². The molecule has 0 bridgehead atoms. The van der Waals surface area contributed by atoms with E-state index in [2.05, 4.69) is 4.90 Å². The molecule has 1 fully saturated rings. The number of rotatable bonds is 6. The van der Waals surface area contributed by atoms with Crippen LogP contribution in [-0.4, -0.2) is 62.3 Å². The van der Waals surface area contributed by atoms with Crippen molar-refractivity contribution in [1.29, 1.82) is 0 Å². The van der Waals surface area contributed by atoms with Gasteiger partial charge in [-0.15, -0.1) is 11.3 Å². The van der Waals surface area contributed by atoms with Gasteiger partial charge in [0, 0.05) is 36.3 Å². The molecule has 166 valence electrons. The van der Waals surface area contributed by atoms with E-state index in [4.69, 9.17) is 26.1 Å². The van der Waals surface area contributed by atoms with E-state index in [0.29, 0.717) is 21.6 Å². The van der Waals surface area contributed by atoms with E-state index in [0.717, 1.165) is 58.9 Å². The van der Waals surface area contributed by atoms with Gasteiger partial charge < -0.3 is 9.47 Å². The lowest BCUT2D eigenvalue weighted by atomic mass is 10.2. The molecule has 2 aromatic heterocycles. The number of hydrogen-bond donors (Lipinski definition) is 0. The zero-order chi connectivity index (χ0) is 22.1. The lowest BCUT2D eigenvalue weighted by Crippen LogP contribution is -2.43. The van der Waals surface area contributed by atoms with Crippen LogP contribution in [0, 0.1) is 0 Å².